The summed E-state index contributed by atoms with van der Waals surface area (Å²) in [6.45, 7) is 0.860. The van der Waals surface area contributed by atoms with Crippen LogP contribution in [0.2, 0.25) is 5.02 Å². The number of ether oxygens (including phenoxy) is 1. The molecule has 0 atom stereocenters. The van der Waals surface area contributed by atoms with Crippen LogP contribution in [0.3, 0.4) is 0 Å². The molecule has 1 saturated heterocycles. The maximum Gasteiger partial charge on any atom is 0.160 e. The number of nitrogens with zero attached hydrogens (tertiary/aromatic N) is 4. The zero-order valence-corrected chi connectivity index (χ0v) is 20.6. The van der Waals surface area contributed by atoms with E-state index in [4.69, 9.17) is 16.3 Å². The van der Waals surface area contributed by atoms with Gasteiger partial charge < -0.3 is 4.74 Å². The molecule has 0 bridgehead atoms. The Morgan fingerprint density at radius 3 is 2.54 bits per heavy atom. The van der Waals surface area contributed by atoms with Gasteiger partial charge in [-0.05, 0) is 43.9 Å². The standard InChI is InChI=1S/C25H25ClN4O4S/c26-19-11-18(13-27-15-19)17-1-2-20(29-14-17)12-23(31)25(6-9-34-10-7-25)22-5-8-28-24(30-22)16-35(32,33)21-3-4-21/h1-2,5,8,11,13-15,21H,3-4,6-7,9-10,12,16H2. The number of aromatic nitrogens is 4. The van der Waals surface area contributed by atoms with Gasteiger partial charge in [-0.1, -0.05) is 17.7 Å². The van der Waals surface area contributed by atoms with Crippen LogP contribution in [0.25, 0.3) is 11.1 Å². The number of carbonyl (C=O) groups excluding carboxylic acids is 1. The fourth-order valence-corrected chi connectivity index (χ4v) is 6.22. The summed E-state index contributed by atoms with van der Waals surface area (Å²) in [4.78, 5) is 31.1. The van der Waals surface area contributed by atoms with E-state index in [1.807, 2.05) is 18.2 Å². The van der Waals surface area contributed by atoms with Crippen molar-refractivity contribution in [3.05, 3.63) is 71.3 Å². The first-order valence-corrected chi connectivity index (χ1v) is 13.7. The summed E-state index contributed by atoms with van der Waals surface area (Å²) in [5.41, 5.74) is 2.04. The minimum absolute atomic E-state index is 0.0137. The smallest absolute Gasteiger partial charge is 0.160 e. The van der Waals surface area contributed by atoms with E-state index in [0.29, 0.717) is 55.3 Å². The molecule has 8 nitrogen and oxygen atoms in total. The molecule has 3 aromatic rings. The van der Waals surface area contributed by atoms with E-state index in [2.05, 4.69) is 19.9 Å². The first-order chi connectivity index (χ1) is 16.9. The third kappa shape index (κ3) is 5.27. The van der Waals surface area contributed by atoms with Crippen molar-refractivity contribution in [2.45, 2.75) is 48.5 Å². The molecule has 10 heteroatoms. The number of hydrogen-bond acceptors (Lipinski definition) is 8. The Balaban J connectivity index is 1.38. The Labute approximate surface area is 209 Å². The van der Waals surface area contributed by atoms with E-state index in [1.54, 1.807) is 30.9 Å². The van der Waals surface area contributed by atoms with Gasteiger partial charge in [-0.25, -0.2) is 18.4 Å². The highest BCUT2D eigenvalue weighted by Crippen LogP contribution is 2.36. The summed E-state index contributed by atoms with van der Waals surface area (Å²) >= 11 is 6.04. The molecule has 0 amide bonds. The van der Waals surface area contributed by atoms with Crippen molar-refractivity contribution < 1.29 is 17.9 Å². The third-order valence-electron chi connectivity index (χ3n) is 6.64. The van der Waals surface area contributed by atoms with Crippen LogP contribution in [0.1, 0.15) is 42.9 Å². The summed E-state index contributed by atoms with van der Waals surface area (Å²) < 4.78 is 30.5. The second-order valence-corrected chi connectivity index (χ2v) is 11.8. The topological polar surface area (TPSA) is 112 Å². The lowest BCUT2D eigenvalue weighted by atomic mass is 9.72. The second-order valence-electron chi connectivity index (χ2n) is 9.09. The molecular formula is C25H25ClN4O4S. The van der Waals surface area contributed by atoms with E-state index < -0.39 is 15.3 Å². The van der Waals surface area contributed by atoms with Crippen LogP contribution in [0.15, 0.2) is 49.1 Å². The molecule has 0 N–H and O–H groups in total. The summed E-state index contributed by atoms with van der Waals surface area (Å²) in [6.07, 6.45) is 9.01. The summed E-state index contributed by atoms with van der Waals surface area (Å²) in [7, 11) is -3.26. The van der Waals surface area contributed by atoms with Crippen molar-refractivity contribution in [3.63, 3.8) is 0 Å². The average Bonchev–Trinajstić information content (AvgIpc) is 3.71. The Morgan fingerprint density at radius 2 is 1.86 bits per heavy atom. The molecule has 2 aliphatic rings. The van der Waals surface area contributed by atoms with E-state index in [0.717, 1.165) is 11.1 Å². The van der Waals surface area contributed by atoms with E-state index >= 15 is 0 Å². The third-order valence-corrected chi connectivity index (χ3v) is 9.00. The largest absolute Gasteiger partial charge is 0.381 e. The Morgan fingerprint density at radius 1 is 1.06 bits per heavy atom. The number of rotatable bonds is 8. The predicted octanol–water partition coefficient (Wildman–Crippen LogP) is 3.52. The molecule has 2 fully saturated rings. The van der Waals surface area contributed by atoms with E-state index in [9.17, 15) is 13.2 Å². The normalized spacial score (nSPS) is 17.7. The van der Waals surface area contributed by atoms with Crippen molar-refractivity contribution in [1.82, 2.24) is 19.9 Å². The minimum atomic E-state index is -3.26. The molecule has 1 saturated carbocycles. The van der Waals surface area contributed by atoms with Crippen LogP contribution in [0, 0.1) is 0 Å². The Hall–Kier alpha value is -2.75. The molecule has 0 radical (unpaired) electrons. The van der Waals surface area contributed by atoms with Crippen molar-refractivity contribution in [3.8, 4) is 11.1 Å². The zero-order valence-electron chi connectivity index (χ0n) is 19.1. The van der Waals surface area contributed by atoms with Crippen molar-refractivity contribution in [2.24, 2.45) is 0 Å². The molecular weight excluding hydrogens is 488 g/mol. The molecule has 0 spiro atoms. The maximum absolute atomic E-state index is 13.7. The van der Waals surface area contributed by atoms with Crippen molar-refractivity contribution >= 4 is 27.2 Å². The molecule has 1 aliphatic heterocycles. The number of hydrogen-bond donors (Lipinski definition) is 0. The second kappa shape index (κ2) is 9.72. The lowest BCUT2D eigenvalue weighted by molar-refractivity contribution is -0.127. The highest BCUT2D eigenvalue weighted by Gasteiger charge is 2.43. The minimum Gasteiger partial charge on any atom is -0.381 e. The van der Waals surface area contributed by atoms with Gasteiger partial charge in [0.2, 0.25) is 0 Å². The molecule has 5 rings (SSSR count). The lowest BCUT2D eigenvalue weighted by Gasteiger charge is -2.35. The summed E-state index contributed by atoms with van der Waals surface area (Å²) in [6, 6.07) is 7.25. The van der Waals surface area contributed by atoms with Gasteiger partial charge >= 0.3 is 0 Å². The summed E-state index contributed by atoms with van der Waals surface area (Å²) in [5.74, 6) is 0.0269. The van der Waals surface area contributed by atoms with Crippen molar-refractivity contribution in [2.75, 3.05) is 13.2 Å². The molecule has 0 unspecified atom stereocenters. The molecule has 1 aliphatic carbocycles. The van der Waals surface area contributed by atoms with Crippen LogP contribution < -0.4 is 0 Å². The van der Waals surface area contributed by atoms with Crippen LogP contribution >= 0.6 is 11.6 Å². The molecule has 182 valence electrons. The number of Topliss-reactive ketones (excluding diaryl/α,β-unsaturated/α-hetero) is 1. The number of carbonyl (C=O) groups is 1. The number of pyridine rings is 2. The van der Waals surface area contributed by atoms with Gasteiger partial charge in [-0.15, -0.1) is 0 Å². The van der Waals surface area contributed by atoms with Gasteiger partial charge in [0.05, 0.1) is 21.4 Å². The number of ketones is 1. The Kier molecular flexibility index (Phi) is 6.65. The SMILES string of the molecule is O=C(Cc1ccc(-c2cncc(Cl)c2)cn1)C1(c2ccnc(CS(=O)(=O)C3CC3)n2)CCOCC1. The van der Waals surface area contributed by atoms with Crippen LogP contribution in [-0.2, 0) is 37.0 Å². The van der Waals surface area contributed by atoms with Gasteiger partial charge in [0.1, 0.15) is 11.6 Å². The highest BCUT2D eigenvalue weighted by atomic mass is 35.5. The fraction of sp³-hybridized carbons (Fsp3) is 0.400. The monoisotopic (exact) mass is 512 g/mol. The highest BCUT2D eigenvalue weighted by molar-refractivity contribution is 7.91. The number of sulfone groups is 1. The van der Waals surface area contributed by atoms with Crippen LogP contribution in [-0.4, -0.2) is 52.6 Å². The zero-order chi connectivity index (χ0) is 24.5. The van der Waals surface area contributed by atoms with Crippen LogP contribution in [0.4, 0.5) is 0 Å². The van der Waals surface area contributed by atoms with Gasteiger partial charge in [-0.2, -0.15) is 0 Å². The summed E-state index contributed by atoms with van der Waals surface area (Å²) in [5, 5.41) is 0.252. The predicted molar refractivity (Wildman–Crippen MR) is 131 cm³/mol. The maximum atomic E-state index is 13.7. The number of halogens is 1. The van der Waals surface area contributed by atoms with Gasteiger partial charge in [-0.3, -0.25) is 14.8 Å². The Bertz CT molecular complexity index is 1340. The van der Waals surface area contributed by atoms with E-state index in [-0.39, 0.29) is 29.0 Å². The van der Waals surface area contributed by atoms with Gasteiger partial charge in [0, 0.05) is 61.2 Å². The van der Waals surface area contributed by atoms with E-state index in [1.165, 1.54) is 0 Å². The molecule has 0 aromatic carbocycles. The first kappa shape index (κ1) is 24.0. The van der Waals surface area contributed by atoms with Gasteiger partial charge in [0.15, 0.2) is 15.6 Å². The van der Waals surface area contributed by atoms with Gasteiger partial charge in [0.25, 0.3) is 0 Å². The first-order valence-electron chi connectivity index (χ1n) is 11.6. The van der Waals surface area contributed by atoms with Crippen molar-refractivity contribution in [1.29, 1.82) is 0 Å². The molecule has 3 aromatic heterocycles. The quantitative estimate of drug-likeness (QED) is 0.450. The lowest BCUT2D eigenvalue weighted by Crippen LogP contribution is -2.43. The van der Waals surface area contributed by atoms with Crippen LogP contribution in [0.5, 0.6) is 0 Å². The molecule has 4 heterocycles. The fourth-order valence-electron chi connectivity index (χ4n) is 4.46. The molecule has 35 heavy (non-hydrogen) atoms. The average molecular weight is 513 g/mol.